The van der Waals surface area contributed by atoms with E-state index in [4.69, 9.17) is 0 Å². The Balaban J connectivity index is 1.49. The van der Waals surface area contributed by atoms with Crippen LogP contribution in [-0.4, -0.2) is 21.6 Å². The number of rotatable bonds is 4. The Morgan fingerprint density at radius 3 is 2.96 bits per heavy atom. The second-order valence-corrected chi connectivity index (χ2v) is 8.97. The summed E-state index contributed by atoms with van der Waals surface area (Å²) in [5.74, 6) is 0.0920. The molecule has 1 amide bonds. The van der Waals surface area contributed by atoms with Crippen LogP contribution in [0, 0.1) is 13.8 Å². The Bertz CT molecular complexity index is 1080. The second kappa shape index (κ2) is 7.48. The number of aromatic amines is 1. The molecular formula is C20H21N3O2S2. The van der Waals surface area contributed by atoms with Crippen LogP contribution >= 0.6 is 23.1 Å². The molecule has 27 heavy (non-hydrogen) atoms. The van der Waals surface area contributed by atoms with Gasteiger partial charge in [0.2, 0.25) is 5.91 Å². The summed E-state index contributed by atoms with van der Waals surface area (Å²) in [6.07, 6.45) is 4.31. The molecular weight excluding hydrogens is 378 g/mol. The van der Waals surface area contributed by atoms with E-state index < -0.39 is 0 Å². The average Bonchev–Trinajstić information content (AvgIpc) is 3.02. The lowest BCUT2D eigenvalue weighted by Gasteiger charge is -2.10. The molecule has 0 radical (unpaired) electrons. The molecule has 2 heterocycles. The van der Waals surface area contributed by atoms with Gasteiger partial charge in [-0.15, -0.1) is 11.3 Å². The normalized spacial score (nSPS) is 13.6. The Labute approximate surface area is 165 Å². The Morgan fingerprint density at radius 2 is 2.11 bits per heavy atom. The number of thioether (sulfide) groups is 1. The summed E-state index contributed by atoms with van der Waals surface area (Å²) < 4.78 is 0. The zero-order valence-electron chi connectivity index (χ0n) is 15.3. The van der Waals surface area contributed by atoms with Crippen LogP contribution in [0.15, 0.2) is 28.2 Å². The number of amides is 1. The standard InChI is InChI=1S/C20H21N3O2S2/c1-11-7-8-12(2)14(9-11)21-16(24)10-26-20-22-18(25)17-13-5-3-4-6-15(13)27-19(17)23-20/h7-9H,3-6,10H2,1-2H3,(H,21,24)(H,22,23,25). The Morgan fingerprint density at radius 1 is 1.30 bits per heavy atom. The average molecular weight is 400 g/mol. The number of fused-ring (bicyclic) bond motifs is 3. The van der Waals surface area contributed by atoms with Gasteiger partial charge in [0.05, 0.1) is 11.1 Å². The molecule has 1 aliphatic carbocycles. The maximum Gasteiger partial charge on any atom is 0.260 e. The van der Waals surface area contributed by atoms with Crippen molar-refractivity contribution in [2.45, 2.75) is 44.7 Å². The molecule has 0 fully saturated rings. The number of hydrogen-bond acceptors (Lipinski definition) is 5. The van der Waals surface area contributed by atoms with Crippen LogP contribution in [0.4, 0.5) is 5.69 Å². The SMILES string of the molecule is Cc1ccc(C)c(NC(=O)CSc2nc3sc4c(c3c(=O)[nH]2)CCCC4)c1. The number of H-pyrrole nitrogens is 1. The van der Waals surface area contributed by atoms with Gasteiger partial charge in [0.1, 0.15) is 4.83 Å². The van der Waals surface area contributed by atoms with Crippen molar-refractivity contribution in [1.29, 1.82) is 0 Å². The van der Waals surface area contributed by atoms with Crippen LogP contribution in [0.1, 0.15) is 34.4 Å². The van der Waals surface area contributed by atoms with E-state index in [1.807, 2.05) is 32.0 Å². The first-order valence-electron chi connectivity index (χ1n) is 9.06. The molecule has 0 saturated carbocycles. The largest absolute Gasteiger partial charge is 0.325 e. The quantitative estimate of drug-likeness (QED) is 0.509. The maximum atomic E-state index is 12.5. The highest BCUT2D eigenvalue weighted by atomic mass is 32.2. The number of carbonyl (C=O) groups excluding carboxylic acids is 1. The number of hydrogen-bond donors (Lipinski definition) is 2. The zero-order valence-corrected chi connectivity index (χ0v) is 17.0. The summed E-state index contributed by atoms with van der Waals surface area (Å²) in [6, 6.07) is 5.97. The molecule has 3 aromatic rings. The third kappa shape index (κ3) is 3.80. The van der Waals surface area contributed by atoms with Crippen LogP contribution < -0.4 is 10.9 Å². The lowest BCUT2D eigenvalue weighted by Crippen LogP contribution is -2.16. The smallest absolute Gasteiger partial charge is 0.260 e. The van der Waals surface area contributed by atoms with Crippen LogP contribution in [0.2, 0.25) is 0 Å². The minimum Gasteiger partial charge on any atom is -0.325 e. The highest BCUT2D eigenvalue weighted by molar-refractivity contribution is 7.99. The lowest BCUT2D eigenvalue weighted by molar-refractivity contribution is -0.113. The molecule has 0 aliphatic heterocycles. The molecule has 0 saturated heterocycles. The molecule has 1 aliphatic rings. The first-order valence-corrected chi connectivity index (χ1v) is 10.9. The summed E-state index contributed by atoms with van der Waals surface area (Å²) in [7, 11) is 0. The van der Waals surface area contributed by atoms with Crippen molar-refractivity contribution in [2.75, 3.05) is 11.1 Å². The number of anilines is 1. The van der Waals surface area contributed by atoms with Gasteiger partial charge < -0.3 is 10.3 Å². The van der Waals surface area contributed by atoms with Crippen molar-refractivity contribution >= 4 is 44.9 Å². The summed E-state index contributed by atoms with van der Waals surface area (Å²) in [5.41, 5.74) is 4.04. The van der Waals surface area contributed by atoms with E-state index in [0.717, 1.165) is 46.3 Å². The van der Waals surface area contributed by atoms with Crippen molar-refractivity contribution in [1.82, 2.24) is 9.97 Å². The molecule has 140 valence electrons. The number of carbonyl (C=O) groups is 1. The van der Waals surface area contributed by atoms with Crippen molar-refractivity contribution in [2.24, 2.45) is 0 Å². The fraction of sp³-hybridized carbons (Fsp3) is 0.350. The fourth-order valence-corrected chi connectivity index (χ4v) is 5.38. The highest BCUT2D eigenvalue weighted by Gasteiger charge is 2.20. The van der Waals surface area contributed by atoms with E-state index in [1.54, 1.807) is 11.3 Å². The Kier molecular flexibility index (Phi) is 5.06. The van der Waals surface area contributed by atoms with Gasteiger partial charge in [0, 0.05) is 10.6 Å². The lowest BCUT2D eigenvalue weighted by atomic mass is 9.97. The van der Waals surface area contributed by atoms with E-state index in [-0.39, 0.29) is 17.2 Å². The molecule has 5 nitrogen and oxygen atoms in total. The number of aromatic nitrogens is 2. The predicted molar refractivity (Wildman–Crippen MR) is 112 cm³/mol. The summed E-state index contributed by atoms with van der Waals surface area (Å²) in [5, 5.41) is 4.19. The first kappa shape index (κ1) is 18.3. The molecule has 2 N–H and O–H groups in total. The van der Waals surface area contributed by atoms with E-state index in [2.05, 4.69) is 15.3 Å². The number of nitrogens with one attached hydrogen (secondary N) is 2. The molecule has 4 rings (SSSR count). The number of benzene rings is 1. The summed E-state index contributed by atoms with van der Waals surface area (Å²) in [4.78, 5) is 34.4. The van der Waals surface area contributed by atoms with Crippen molar-refractivity contribution < 1.29 is 4.79 Å². The third-order valence-electron chi connectivity index (χ3n) is 4.81. The van der Waals surface area contributed by atoms with E-state index in [0.29, 0.717) is 5.16 Å². The molecule has 0 unspecified atom stereocenters. The van der Waals surface area contributed by atoms with Crippen molar-refractivity contribution in [3.8, 4) is 0 Å². The molecule has 0 bridgehead atoms. The van der Waals surface area contributed by atoms with E-state index in [1.165, 1.54) is 28.6 Å². The molecule has 0 spiro atoms. The van der Waals surface area contributed by atoms with Gasteiger partial charge in [-0.1, -0.05) is 23.9 Å². The topological polar surface area (TPSA) is 74.8 Å². The minimum atomic E-state index is -0.109. The van der Waals surface area contributed by atoms with E-state index >= 15 is 0 Å². The molecule has 7 heteroatoms. The van der Waals surface area contributed by atoms with Gasteiger partial charge in [0.15, 0.2) is 5.16 Å². The van der Waals surface area contributed by atoms with Gasteiger partial charge in [-0.3, -0.25) is 9.59 Å². The highest BCUT2D eigenvalue weighted by Crippen LogP contribution is 2.34. The molecule has 2 aromatic heterocycles. The minimum absolute atomic E-state index is 0.0863. The number of aryl methyl sites for hydroxylation is 4. The zero-order chi connectivity index (χ0) is 19.0. The van der Waals surface area contributed by atoms with Gasteiger partial charge in [-0.25, -0.2) is 4.98 Å². The fourth-order valence-electron chi connectivity index (χ4n) is 3.40. The molecule has 1 aromatic carbocycles. The van der Waals surface area contributed by atoms with Crippen LogP contribution in [0.5, 0.6) is 0 Å². The Hall–Kier alpha value is -2.12. The van der Waals surface area contributed by atoms with Gasteiger partial charge >= 0.3 is 0 Å². The van der Waals surface area contributed by atoms with Crippen LogP contribution in [0.25, 0.3) is 10.2 Å². The van der Waals surface area contributed by atoms with Gasteiger partial charge in [0.25, 0.3) is 5.56 Å². The summed E-state index contributed by atoms with van der Waals surface area (Å²) in [6.45, 7) is 3.96. The van der Waals surface area contributed by atoms with Crippen molar-refractivity contribution in [3.05, 3.63) is 50.1 Å². The second-order valence-electron chi connectivity index (χ2n) is 6.92. The number of thiophene rings is 1. The summed E-state index contributed by atoms with van der Waals surface area (Å²) >= 11 is 2.88. The van der Waals surface area contributed by atoms with Gasteiger partial charge in [-0.05, 0) is 62.3 Å². The monoisotopic (exact) mass is 399 g/mol. The van der Waals surface area contributed by atoms with Crippen LogP contribution in [0.3, 0.4) is 0 Å². The third-order valence-corrected chi connectivity index (χ3v) is 6.87. The van der Waals surface area contributed by atoms with Crippen LogP contribution in [-0.2, 0) is 17.6 Å². The van der Waals surface area contributed by atoms with E-state index in [9.17, 15) is 9.59 Å². The van der Waals surface area contributed by atoms with Gasteiger partial charge in [-0.2, -0.15) is 0 Å². The number of nitrogens with zero attached hydrogens (tertiary/aromatic N) is 1. The molecule has 0 atom stereocenters. The van der Waals surface area contributed by atoms with Crippen molar-refractivity contribution in [3.63, 3.8) is 0 Å². The maximum absolute atomic E-state index is 12.5. The predicted octanol–water partition coefficient (Wildman–Crippen LogP) is 4.21. The first-order chi connectivity index (χ1) is 13.0.